The molecule has 0 aliphatic carbocycles. The molecule has 0 heterocycles. The van der Waals surface area contributed by atoms with E-state index in [1.807, 2.05) is 0 Å². The predicted octanol–water partition coefficient (Wildman–Crippen LogP) is 0.704. The fraction of sp³-hybridized carbons (Fsp3) is 0. The Balaban J connectivity index is 2.43. The Morgan fingerprint density at radius 3 is 2.25 bits per heavy atom. The van der Waals surface area contributed by atoms with Gasteiger partial charge in [-0.15, -0.1) is 0 Å². The Kier molecular flexibility index (Phi) is 3.98. The molecule has 0 aromatic heterocycles. The van der Waals surface area contributed by atoms with Gasteiger partial charge in [0.2, 0.25) is 0 Å². The molecule has 0 aliphatic rings. The summed E-state index contributed by atoms with van der Waals surface area (Å²) in [5, 5.41) is 7.54. The number of hydrogen-bond donors (Lipinski definition) is 0. The van der Waals surface area contributed by atoms with Crippen LogP contribution < -0.4 is 0 Å². The summed E-state index contributed by atoms with van der Waals surface area (Å²) in [6, 6.07) is 0. The average molecular weight is 258 g/mol. The van der Waals surface area contributed by atoms with E-state index in [0.717, 1.165) is 0 Å². The first-order valence-corrected chi connectivity index (χ1v) is 4.26. The van der Waals surface area contributed by atoms with Gasteiger partial charge in [0.15, 0.2) is 0 Å². The molecule has 0 saturated carbocycles. The van der Waals surface area contributed by atoms with E-state index < -0.39 is 18.7 Å². The third-order valence-electron chi connectivity index (χ3n) is 0.0255. The van der Waals surface area contributed by atoms with E-state index in [4.69, 9.17) is 14.5 Å². The third kappa shape index (κ3) is 2.52. The second-order valence-electron chi connectivity index (χ2n) is 0.124. The topological polar surface area (TPSA) is 23.8 Å². The first kappa shape index (κ1) is 4.52. The average Bonchev–Trinajstić information content (AvgIpc) is 1.37. The van der Waals surface area contributed by atoms with Crippen LogP contribution in [0.2, 0.25) is 0 Å². The molecule has 0 rings (SSSR count). The van der Waals surface area contributed by atoms with Crippen molar-refractivity contribution in [2.24, 2.45) is 0 Å². The van der Waals surface area contributed by atoms with Crippen LogP contribution in [0.5, 0.6) is 0 Å². The zero-order valence-corrected chi connectivity index (χ0v) is 4.55. The zero-order valence-electron chi connectivity index (χ0n) is 1.63. The van der Waals surface area contributed by atoms with E-state index in [9.17, 15) is 0 Å². The van der Waals surface area contributed by atoms with Gasteiger partial charge in [-0.25, -0.2) is 0 Å². The summed E-state index contributed by atoms with van der Waals surface area (Å²) in [4.78, 5) is 0. The van der Waals surface area contributed by atoms with Gasteiger partial charge >= 0.3 is 37.4 Å². The Hall–Kier alpha value is 0.520. The fourth-order valence-corrected chi connectivity index (χ4v) is 0. The summed E-state index contributed by atoms with van der Waals surface area (Å²) < 4.78 is 1.79. The molecular weight excluding hydrogens is 258 g/mol. The molecule has 0 amide bonds. The summed E-state index contributed by atoms with van der Waals surface area (Å²) in [6.07, 6.45) is 0. The monoisotopic (exact) mass is 258 g/mol. The van der Waals surface area contributed by atoms with Gasteiger partial charge in [0.05, 0.1) is 0 Å². The maximum absolute atomic E-state index is 7.54. The molecule has 27 valence electrons. The number of nitriles is 1. The normalized spacial score (nSPS) is 6.00. The van der Waals surface area contributed by atoms with Crippen molar-refractivity contribution in [3.05, 3.63) is 0 Å². The van der Waals surface area contributed by atoms with E-state index in [1.54, 1.807) is 4.29 Å². The van der Waals surface area contributed by atoms with Crippen molar-refractivity contribution in [1.82, 2.24) is 0 Å². The summed E-state index contributed by atoms with van der Waals surface area (Å²) in [7, 11) is 4.92. The van der Waals surface area contributed by atoms with E-state index in [2.05, 4.69) is 0 Å². The zero-order chi connectivity index (χ0) is 3.41. The van der Waals surface area contributed by atoms with Crippen LogP contribution in [-0.2, 0) is 18.7 Å². The molecular formula is CAuClN. The van der Waals surface area contributed by atoms with Crippen molar-refractivity contribution in [1.29, 1.82) is 5.26 Å². The second-order valence-corrected chi connectivity index (χ2v) is 1.95. The van der Waals surface area contributed by atoms with Crippen molar-refractivity contribution < 1.29 is 18.7 Å². The molecule has 0 spiro atoms. The molecule has 0 saturated heterocycles. The molecule has 4 heavy (non-hydrogen) atoms. The van der Waals surface area contributed by atoms with Crippen LogP contribution in [0.4, 0.5) is 0 Å². The van der Waals surface area contributed by atoms with Crippen LogP contribution in [0.3, 0.4) is 0 Å². The van der Waals surface area contributed by atoms with Gasteiger partial charge in [-0.05, 0) is 0 Å². The minimum atomic E-state index is -0.529. The molecule has 3 heteroatoms. The third-order valence-corrected chi connectivity index (χ3v) is 0.626. The van der Waals surface area contributed by atoms with Gasteiger partial charge in [-0.2, -0.15) is 0 Å². The molecule has 0 bridgehead atoms. The summed E-state index contributed by atoms with van der Waals surface area (Å²) in [6.45, 7) is 0. The maximum atomic E-state index is 7.54. The van der Waals surface area contributed by atoms with Gasteiger partial charge in [0.1, 0.15) is 0 Å². The first-order valence-electron chi connectivity index (χ1n) is 0.488. The van der Waals surface area contributed by atoms with Crippen LogP contribution in [0.1, 0.15) is 0 Å². The minimum absolute atomic E-state index is 0.529. The van der Waals surface area contributed by atoms with E-state index in [1.165, 1.54) is 0 Å². The quantitative estimate of drug-likeness (QED) is 0.587. The van der Waals surface area contributed by atoms with Crippen LogP contribution in [0, 0.1) is 9.55 Å². The Morgan fingerprint density at radius 2 is 2.25 bits per heavy atom. The van der Waals surface area contributed by atoms with Crippen LogP contribution >= 0.6 is 9.19 Å². The fourth-order valence-electron chi connectivity index (χ4n) is 0. The predicted molar refractivity (Wildman–Crippen MR) is 11.5 cm³/mol. The number of halogens is 1. The van der Waals surface area contributed by atoms with E-state index >= 15 is 0 Å². The van der Waals surface area contributed by atoms with Crippen LogP contribution in [0.15, 0.2) is 0 Å². The second kappa shape index (κ2) is 3.52. The molecule has 1 nitrogen and oxygen atoms in total. The first-order chi connectivity index (χ1) is 1.91. The standard InChI is InChI=1S/CN.Au.ClH/c1-2;;/h;;1H/q;+1;/p-1. The molecule has 0 radical (unpaired) electrons. The summed E-state index contributed by atoms with van der Waals surface area (Å²) in [5.74, 6) is 0. The van der Waals surface area contributed by atoms with Gasteiger partial charge in [-0.1, -0.05) is 0 Å². The van der Waals surface area contributed by atoms with Crippen LogP contribution in [0.25, 0.3) is 0 Å². The molecule has 0 N–H and O–H groups in total. The van der Waals surface area contributed by atoms with Crippen molar-refractivity contribution in [2.45, 2.75) is 0 Å². The van der Waals surface area contributed by atoms with Crippen molar-refractivity contribution in [3.63, 3.8) is 0 Å². The Bertz CT molecular complexity index is 37.8. The number of nitrogens with zero attached hydrogens (tertiary/aromatic N) is 1. The van der Waals surface area contributed by atoms with Gasteiger partial charge in [0, 0.05) is 0 Å². The SMILES string of the molecule is N#[C][Au][Cl]. The van der Waals surface area contributed by atoms with Gasteiger partial charge < -0.3 is 0 Å². The molecule has 0 unspecified atom stereocenters. The Morgan fingerprint density at radius 1 is 2.00 bits per heavy atom. The number of rotatable bonds is 0. The van der Waals surface area contributed by atoms with Gasteiger partial charge in [0.25, 0.3) is 0 Å². The molecule has 0 aliphatic heterocycles. The Labute approximate surface area is 37.7 Å². The van der Waals surface area contributed by atoms with Crippen molar-refractivity contribution in [3.8, 4) is 4.29 Å². The molecule has 0 fully saturated rings. The summed E-state index contributed by atoms with van der Waals surface area (Å²) >= 11 is -0.529. The molecule has 0 aromatic rings. The van der Waals surface area contributed by atoms with Crippen LogP contribution in [-0.4, -0.2) is 0 Å². The van der Waals surface area contributed by atoms with Crippen molar-refractivity contribution >= 4 is 9.19 Å². The van der Waals surface area contributed by atoms with Gasteiger partial charge in [-0.3, -0.25) is 0 Å². The molecule has 0 aromatic carbocycles. The van der Waals surface area contributed by atoms with E-state index in [0.29, 0.717) is 0 Å². The van der Waals surface area contributed by atoms with E-state index in [-0.39, 0.29) is 0 Å². The molecule has 0 atom stereocenters. The summed E-state index contributed by atoms with van der Waals surface area (Å²) in [5.41, 5.74) is 0. The number of hydrogen-bond acceptors (Lipinski definition) is 1. The van der Waals surface area contributed by atoms with Crippen molar-refractivity contribution in [2.75, 3.05) is 0 Å².